The Hall–Kier alpha value is -1.25. The fourth-order valence-corrected chi connectivity index (χ4v) is 2.40. The van der Waals surface area contributed by atoms with Crippen LogP contribution in [0.2, 0.25) is 0 Å². The van der Waals surface area contributed by atoms with Gasteiger partial charge in [-0.1, -0.05) is 19.8 Å². The first-order chi connectivity index (χ1) is 7.66. The average molecular weight is 221 g/mol. The summed E-state index contributed by atoms with van der Waals surface area (Å²) >= 11 is 0. The number of ketones is 1. The molecule has 0 radical (unpaired) electrons. The van der Waals surface area contributed by atoms with Crippen LogP contribution in [0.15, 0.2) is 18.3 Å². The number of halogens is 1. The van der Waals surface area contributed by atoms with E-state index in [0.29, 0.717) is 11.6 Å². The molecule has 1 fully saturated rings. The summed E-state index contributed by atoms with van der Waals surface area (Å²) < 4.78 is 12.7. The number of hydrogen-bond donors (Lipinski definition) is 0. The lowest BCUT2D eigenvalue weighted by atomic mass is 9.79. The van der Waals surface area contributed by atoms with E-state index in [-0.39, 0.29) is 11.7 Å². The van der Waals surface area contributed by atoms with Gasteiger partial charge in [-0.2, -0.15) is 0 Å². The molecule has 2 nitrogen and oxygen atoms in total. The monoisotopic (exact) mass is 221 g/mol. The van der Waals surface area contributed by atoms with E-state index in [2.05, 4.69) is 11.9 Å². The highest BCUT2D eigenvalue weighted by Crippen LogP contribution is 2.30. The van der Waals surface area contributed by atoms with Gasteiger partial charge in [0, 0.05) is 5.92 Å². The van der Waals surface area contributed by atoms with E-state index in [0.717, 1.165) is 25.5 Å². The maximum Gasteiger partial charge on any atom is 0.184 e. The number of rotatable bonds is 2. The zero-order chi connectivity index (χ0) is 11.5. The van der Waals surface area contributed by atoms with Gasteiger partial charge >= 0.3 is 0 Å². The summed E-state index contributed by atoms with van der Waals surface area (Å²) in [6, 6.07) is 2.78. The summed E-state index contributed by atoms with van der Waals surface area (Å²) in [6.07, 6.45) is 5.32. The molecule has 0 saturated heterocycles. The summed E-state index contributed by atoms with van der Waals surface area (Å²) in [6.45, 7) is 2.18. The third-order valence-corrected chi connectivity index (χ3v) is 3.29. The highest BCUT2D eigenvalue weighted by atomic mass is 19.1. The van der Waals surface area contributed by atoms with Crippen LogP contribution in [0.4, 0.5) is 4.39 Å². The number of aromatic nitrogens is 1. The summed E-state index contributed by atoms with van der Waals surface area (Å²) in [5.74, 6) is 0.380. The van der Waals surface area contributed by atoms with E-state index < -0.39 is 5.82 Å². The first kappa shape index (κ1) is 11.2. The third kappa shape index (κ3) is 2.46. The fraction of sp³-hybridized carbons (Fsp3) is 0.538. The summed E-state index contributed by atoms with van der Waals surface area (Å²) in [7, 11) is 0. The Morgan fingerprint density at radius 2 is 2.25 bits per heavy atom. The maximum atomic E-state index is 12.7. The summed E-state index contributed by atoms with van der Waals surface area (Å²) in [4.78, 5) is 15.9. The van der Waals surface area contributed by atoms with Crippen LogP contribution in [0.3, 0.4) is 0 Å². The number of pyridine rings is 1. The van der Waals surface area contributed by atoms with Gasteiger partial charge in [-0.15, -0.1) is 0 Å². The first-order valence-corrected chi connectivity index (χ1v) is 5.82. The Kier molecular flexibility index (Phi) is 3.32. The van der Waals surface area contributed by atoms with Crippen molar-refractivity contribution in [3.63, 3.8) is 0 Å². The fourth-order valence-electron chi connectivity index (χ4n) is 2.40. The molecule has 1 heterocycles. The van der Waals surface area contributed by atoms with Gasteiger partial charge in [0.2, 0.25) is 0 Å². The van der Waals surface area contributed by atoms with E-state index >= 15 is 0 Å². The molecule has 0 amide bonds. The average Bonchev–Trinajstić information content (AvgIpc) is 2.29. The molecule has 2 atom stereocenters. The lowest BCUT2D eigenvalue weighted by Crippen LogP contribution is -2.22. The number of carbonyl (C=O) groups excluding carboxylic acids is 1. The smallest absolute Gasteiger partial charge is 0.184 e. The molecule has 0 aliphatic heterocycles. The predicted octanol–water partition coefficient (Wildman–Crippen LogP) is 3.23. The van der Waals surface area contributed by atoms with E-state index in [1.54, 1.807) is 0 Å². The minimum atomic E-state index is -0.395. The quantitative estimate of drug-likeness (QED) is 0.718. The molecule has 0 aromatic carbocycles. The van der Waals surface area contributed by atoms with Gasteiger partial charge < -0.3 is 0 Å². The molecule has 2 rings (SSSR count). The number of nitrogens with zero attached hydrogens (tertiary/aromatic N) is 1. The van der Waals surface area contributed by atoms with E-state index in [1.807, 2.05) is 0 Å². The van der Waals surface area contributed by atoms with Gasteiger partial charge in [-0.05, 0) is 30.9 Å². The summed E-state index contributed by atoms with van der Waals surface area (Å²) in [5.41, 5.74) is 0.403. The van der Waals surface area contributed by atoms with Gasteiger partial charge in [0.15, 0.2) is 5.78 Å². The molecule has 1 aromatic rings. The van der Waals surface area contributed by atoms with Crippen molar-refractivity contribution in [1.29, 1.82) is 0 Å². The Morgan fingerprint density at radius 3 is 2.88 bits per heavy atom. The number of Topliss-reactive ketones (excluding diaryl/α,β-unsaturated/α-hetero) is 1. The molecule has 16 heavy (non-hydrogen) atoms. The SMILES string of the molecule is CC1CCCC(C(=O)c2ccc(F)cn2)C1. The van der Waals surface area contributed by atoms with Crippen LogP contribution in [0.1, 0.15) is 43.1 Å². The molecule has 86 valence electrons. The topological polar surface area (TPSA) is 30.0 Å². The van der Waals surface area contributed by atoms with Crippen LogP contribution >= 0.6 is 0 Å². The van der Waals surface area contributed by atoms with Crippen LogP contribution in [0.5, 0.6) is 0 Å². The summed E-state index contributed by atoms with van der Waals surface area (Å²) in [5, 5.41) is 0. The Morgan fingerprint density at radius 1 is 1.44 bits per heavy atom. The predicted molar refractivity (Wildman–Crippen MR) is 59.6 cm³/mol. The molecule has 1 aliphatic carbocycles. The van der Waals surface area contributed by atoms with Crippen molar-refractivity contribution < 1.29 is 9.18 Å². The minimum absolute atomic E-state index is 0.0755. The maximum absolute atomic E-state index is 12.7. The molecule has 0 bridgehead atoms. The number of hydrogen-bond acceptors (Lipinski definition) is 2. The second-order valence-corrected chi connectivity index (χ2v) is 4.69. The Bertz CT molecular complexity index is 374. The minimum Gasteiger partial charge on any atom is -0.292 e. The highest BCUT2D eigenvalue weighted by Gasteiger charge is 2.26. The molecule has 0 spiro atoms. The second-order valence-electron chi connectivity index (χ2n) is 4.69. The van der Waals surface area contributed by atoms with Crippen LogP contribution < -0.4 is 0 Å². The molecule has 1 aromatic heterocycles. The van der Waals surface area contributed by atoms with Crippen molar-refractivity contribution in [2.75, 3.05) is 0 Å². The van der Waals surface area contributed by atoms with E-state index in [9.17, 15) is 9.18 Å². The van der Waals surface area contributed by atoms with Crippen molar-refractivity contribution in [3.8, 4) is 0 Å². The van der Waals surface area contributed by atoms with Crippen molar-refractivity contribution in [2.24, 2.45) is 11.8 Å². The molecule has 2 unspecified atom stereocenters. The van der Waals surface area contributed by atoms with Gasteiger partial charge in [0.25, 0.3) is 0 Å². The zero-order valence-corrected chi connectivity index (χ0v) is 9.45. The van der Waals surface area contributed by atoms with Crippen molar-refractivity contribution >= 4 is 5.78 Å². The molecule has 1 saturated carbocycles. The molecule has 1 aliphatic rings. The third-order valence-electron chi connectivity index (χ3n) is 3.29. The van der Waals surface area contributed by atoms with Crippen molar-refractivity contribution in [2.45, 2.75) is 32.6 Å². The zero-order valence-electron chi connectivity index (χ0n) is 9.45. The van der Waals surface area contributed by atoms with Gasteiger partial charge in [-0.25, -0.2) is 4.39 Å². The molecule has 0 N–H and O–H groups in total. The normalized spacial score (nSPS) is 25.4. The standard InChI is InChI=1S/C13H16FNO/c1-9-3-2-4-10(7-9)13(16)12-6-5-11(14)8-15-12/h5-6,8-10H,2-4,7H2,1H3. The van der Waals surface area contributed by atoms with Crippen molar-refractivity contribution in [3.05, 3.63) is 29.8 Å². The van der Waals surface area contributed by atoms with Crippen LogP contribution in [0, 0.1) is 17.7 Å². The molecular formula is C13H16FNO. The van der Waals surface area contributed by atoms with Gasteiger partial charge in [-0.3, -0.25) is 9.78 Å². The van der Waals surface area contributed by atoms with Crippen LogP contribution in [-0.4, -0.2) is 10.8 Å². The van der Waals surface area contributed by atoms with Crippen molar-refractivity contribution in [1.82, 2.24) is 4.98 Å². The van der Waals surface area contributed by atoms with Gasteiger partial charge in [0.05, 0.1) is 6.20 Å². The van der Waals surface area contributed by atoms with E-state index in [1.165, 1.54) is 18.6 Å². The first-order valence-electron chi connectivity index (χ1n) is 5.82. The second kappa shape index (κ2) is 4.73. The number of carbonyl (C=O) groups is 1. The molecular weight excluding hydrogens is 205 g/mol. The largest absolute Gasteiger partial charge is 0.292 e. The highest BCUT2D eigenvalue weighted by molar-refractivity contribution is 5.96. The lowest BCUT2D eigenvalue weighted by Gasteiger charge is -2.25. The van der Waals surface area contributed by atoms with Crippen LogP contribution in [-0.2, 0) is 0 Å². The lowest BCUT2D eigenvalue weighted by molar-refractivity contribution is 0.0863. The molecule has 3 heteroatoms. The van der Waals surface area contributed by atoms with Crippen LogP contribution in [0.25, 0.3) is 0 Å². The Balaban J connectivity index is 2.09. The van der Waals surface area contributed by atoms with Gasteiger partial charge in [0.1, 0.15) is 11.5 Å². The Labute approximate surface area is 94.9 Å². The van der Waals surface area contributed by atoms with E-state index in [4.69, 9.17) is 0 Å².